The minimum atomic E-state index is 0.296. The maximum absolute atomic E-state index is 5.27. The molecule has 18 heavy (non-hydrogen) atoms. The Balaban J connectivity index is 2.15. The van der Waals surface area contributed by atoms with Crippen molar-refractivity contribution in [3.8, 4) is 0 Å². The van der Waals surface area contributed by atoms with Crippen LogP contribution in [0.4, 0.5) is 0 Å². The van der Waals surface area contributed by atoms with Gasteiger partial charge in [0, 0.05) is 22.9 Å². The third kappa shape index (κ3) is 3.42. The van der Waals surface area contributed by atoms with Crippen molar-refractivity contribution in [3.63, 3.8) is 0 Å². The Morgan fingerprint density at radius 2 is 1.78 bits per heavy atom. The summed E-state index contributed by atoms with van der Waals surface area (Å²) in [6.45, 7) is 2.94. The third-order valence-corrected chi connectivity index (χ3v) is 4.79. The van der Waals surface area contributed by atoms with Gasteiger partial charge >= 0.3 is 0 Å². The fourth-order valence-electron chi connectivity index (χ4n) is 1.94. The molecule has 98 valence electrons. The molecule has 1 atom stereocenters. The Morgan fingerprint density at radius 3 is 2.17 bits per heavy atom. The van der Waals surface area contributed by atoms with E-state index >= 15 is 0 Å². The standard InChI is InChI=1S/C14H19NOS2/c1-3-11(10-16-2)15-14(12-6-4-8-17-12)13-7-5-9-18-13/h4-9,11,14-15H,3,10H2,1-2H3. The van der Waals surface area contributed by atoms with Gasteiger partial charge in [-0.05, 0) is 29.3 Å². The molecule has 0 radical (unpaired) electrons. The molecule has 2 heterocycles. The molecule has 0 aliphatic heterocycles. The molecule has 2 aromatic heterocycles. The zero-order valence-corrected chi connectivity index (χ0v) is 12.4. The van der Waals surface area contributed by atoms with Crippen molar-refractivity contribution in [2.45, 2.75) is 25.4 Å². The summed E-state index contributed by atoms with van der Waals surface area (Å²) in [6.07, 6.45) is 1.07. The Bertz CT molecular complexity index is 390. The van der Waals surface area contributed by atoms with Gasteiger partial charge in [0.05, 0.1) is 12.6 Å². The zero-order chi connectivity index (χ0) is 12.8. The van der Waals surface area contributed by atoms with Crippen molar-refractivity contribution >= 4 is 22.7 Å². The van der Waals surface area contributed by atoms with E-state index in [1.165, 1.54) is 9.75 Å². The second kappa shape index (κ2) is 7.04. The molecule has 0 saturated heterocycles. The molecule has 0 fully saturated rings. The van der Waals surface area contributed by atoms with E-state index in [9.17, 15) is 0 Å². The van der Waals surface area contributed by atoms with E-state index in [0.29, 0.717) is 12.1 Å². The van der Waals surface area contributed by atoms with Crippen LogP contribution >= 0.6 is 22.7 Å². The highest BCUT2D eigenvalue weighted by atomic mass is 32.1. The zero-order valence-electron chi connectivity index (χ0n) is 10.8. The van der Waals surface area contributed by atoms with Gasteiger partial charge in [0.2, 0.25) is 0 Å². The first kappa shape index (κ1) is 13.7. The summed E-state index contributed by atoms with van der Waals surface area (Å²) < 4.78 is 5.27. The summed E-state index contributed by atoms with van der Waals surface area (Å²) in [6, 6.07) is 9.30. The van der Waals surface area contributed by atoms with Crippen LogP contribution in [-0.4, -0.2) is 19.8 Å². The lowest BCUT2D eigenvalue weighted by atomic mass is 10.1. The summed E-state index contributed by atoms with van der Waals surface area (Å²) in [7, 11) is 1.76. The number of rotatable bonds is 7. The Hall–Kier alpha value is -0.680. The fraction of sp³-hybridized carbons (Fsp3) is 0.429. The van der Waals surface area contributed by atoms with E-state index in [-0.39, 0.29) is 0 Å². The van der Waals surface area contributed by atoms with Crippen molar-refractivity contribution in [1.82, 2.24) is 5.32 Å². The van der Waals surface area contributed by atoms with Crippen LogP contribution in [-0.2, 0) is 4.74 Å². The minimum absolute atomic E-state index is 0.296. The quantitative estimate of drug-likeness (QED) is 0.830. The molecule has 2 rings (SSSR count). The van der Waals surface area contributed by atoms with Gasteiger partial charge in [-0.3, -0.25) is 5.32 Å². The predicted molar refractivity (Wildman–Crippen MR) is 79.6 cm³/mol. The molecule has 2 aromatic rings. The van der Waals surface area contributed by atoms with Crippen LogP contribution in [0.25, 0.3) is 0 Å². The molecular formula is C14H19NOS2. The fourth-order valence-corrected chi connectivity index (χ4v) is 3.62. The number of methoxy groups -OCH3 is 1. The highest BCUT2D eigenvalue weighted by molar-refractivity contribution is 7.11. The molecule has 0 aliphatic carbocycles. The Kier molecular flexibility index (Phi) is 5.38. The lowest BCUT2D eigenvalue weighted by Crippen LogP contribution is -2.35. The number of ether oxygens (including phenoxy) is 1. The Labute approximate surface area is 117 Å². The number of hydrogen-bond donors (Lipinski definition) is 1. The molecule has 1 N–H and O–H groups in total. The molecule has 0 spiro atoms. The predicted octanol–water partition coefficient (Wildman–Crippen LogP) is 3.91. The van der Waals surface area contributed by atoms with Gasteiger partial charge in [0.15, 0.2) is 0 Å². The maximum atomic E-state index is 5.27. The lowest BCUT2D eigenvalue weighted by molar-refractivity contribution is 0.161. The average Bonchev–Trinajstić information content (AvgIpc) is 3.06. The molecular weight excluding hydrogens is 262 g/mol. The molecule has 0 bridgehead atoms. The van der Waals surface area contributed by atoms with Crippen molar-refractivity contribution < 1.29 is 4.74 Å². The first-order valence-electron chi connectivity index (χ1n) is 6.17. The number of nitrogens with one attached hydrogen (secondary N) is 1. The molecule has 1 unspecified atom stereocenters. The summed E-state index contributed by atoms with van der Waals surface area (Å²) in [5.41, 5.74) is 0. The summed E-state index contributed by atoms with van der Waals surface area (Å²) in [5.74, 6) is 0. The van der Waals surface area contributed by atoms with Gasteiger partial charge in [-0.2, -0.15) is 0 Å². The van der Waals surface area contributed by atoms with E-state index in [1.807, 2.05) is 0 Å². The van der Waals surface area contributed by atoms with Gasteiger partial charge in [-0.25, -0.2) is 0 Å². The topological polar surface area (TPSA) is 21.3 Å². The van der Waals surface area contributed by atoms with Crippen LogP contribution in [0.2, 0.25) is 0 Å². The summed E-state index contributed by atoms with van der Waals surface area (Å²) in [4.78, 5) is 2.74. The highest BCUT2D eigenvalue weighted by Crippen LogP contribution is 2.29. The van der Waals surface area contributed by atoms with Crippen LogP contribution in [0.5, 0.6) is 0 Å². The minimum Gasteiger partial charge on any atom is -0.383 e. The van der Waals surface area contributed by atoms with Crippen molar-refractivity contribution in [3.05, 3.63) is 44.8 Å². The van der Waals surface area contributed by atoms with Gasteiger partial charge in [0.25, 0.3) is 0 Å². The van der Waals surface area contributed by atoms with Gasteiger partial charge in [-0.1, -0.05) is 19.1 Å². The average molecular weight is 281 g/mol. The molecule has 2 nitrogen and oxygen atoms in total. The van der Waals surface area contributed by atoms with E-state index in [4.69, 9.17) is 4.74 Å². The van der Waals surface area contributed by atoms with E-state index in [2.05, 4.69) is 47.3 Å². The van der Waals surface area contributed by atoms with Crippen LogP contribution in [0.1, 0.15) is 29.1 Å². The van der Waals surface area contributed by atoms with Crippen LogP contribution in [0.15, 0.2) is 35.0 Å². The molecule has 0 aromatic carbocycles. The second-order valence-corrected chi connectivity index (χ2v) is 6.15. The van der Waals surface area contributed by atoms with Crippen molar-refractivity contribution in [2.75, 3.05) is 13.7 Å². The largest absolute Gasteiger partial charge is 0.383 e. The SMILES string of the molecule is CCC(COC)NC(c1cccs1)c1cccs1. The number of thiophene rings is 2. The van der Waals surface area contributed by atoms with E-state index in [0.717, 1.165) is 13.0 Å². The number of hydrogen-bond acceptors (Lipinski definition) is 4. The summed E-state index contributed by atoms with van der Waals surface area (Å²) in [5, 5.41) is 7.97. The second-order valence-electron chi connectivity index (χ2n) is 4.19. The normalized spacial score (nSPS) is 13.1. The first-order chi connectivity index (χ1) is 8.85. The monoisotopic (exact) mass is 281 g/mol. The molecule has 0 amide bonds. The maximum Gasteiger partial charge on any atom is 0.0767 e. The molecule has 0 saturated carbocycles. The van der Waals surface area contributed by atoms with Crippen molar-refractivity contribution in [1.29, 1.82) is 0 Å². The van der Waals surface area contributed by atoms with Crippen molar-refractivity contribution in [2.24, 2.45) is 0 Å². The van der Waals surface area contributed by atoms with Gasteiger partial charge in [0.1, 0.15) is 0 Å². The van der Waals surface area contributed by atoms with Gasteiger partial charge in [-0.15, -0.1) is 22.7 Å². The van der Waals surface area contributed by atoms with Crippen LogP contribution in [0, 0.1) is 0 Å². The lowest BCUT2D eigenvalue weighted by Gasteiger charge is -2.23. The van der Waals surface area contributed by atoms with E-state index < -0.39 is 0 Å². The van der Waals surface area contributed by atoms with Gasteiger partial charge < -0.3 is 4.74 Å². The summed E-state index contributed by atoms with van der Waals surface area (Å²) >= 11 is 3.61. The molecule has 4 heteroatoms. The smallest absolute Gasteiger partial charge is 0.0767 e. The van der Waals surface area contributed by atoms with E-state index in [1.54, 1.807) is 29.8 Å². The Morgan fingerprint density at radius 1 is 1.17 bits per heavy atom. The van der Waals surface area contributed by atoms with Crippen LogP contribution in [0.3, 0.4) is 0 Å². The first-order valence-corrected chi connectivity index (χ1v) is 7.92. The third-order valence-electron chi connectivity index (χ3n) is 2.92. The van der Waals surface area contributed by atoms with Crippen LogP contribution < -0.4 is 5.32 Å². The highest BCUT2D eigenvalue weighted by Gasteiger charge is 2.19. The molecule has 0 aliphatic rings.